The van der Waals surface area contributed by atoms with Crippen molar-refractivity contribution < 1.29 is 0 Å². The second-order valence-corrected chi connectivity index (χ2v) is 7.00. The van der Waals surface area contributed by atoms with Crippen LogP contribution in [0.4, 0.5) is 0 Å². The molecule has 0 aromatic heterocycles. The summed E-state index contributed by atoms with van der Waals surface area (Å²) in [5.41, 5.74) is 5.98. The lowest BCUT2D eigenvalue weighted by Gasteiger charge is -2.37. The predicted molar refractivity (Wildman–Crippen MR) is 118 cm³/mol. The molecule has 1 rings (SSSR count). The third kappa shape index (κ3) is 6.92. The van der Waals surface area contributed by atoms with Crippen LogP contribution in [0, 0.1) is 0 Å². The van der Waals surface area contributed by atoms with Gasteiger partial charge in [-0.15, -0.1) is 0 Å². The van der Waals surface area contributed by atoms with Gasteiger partial charge in [-0.2, -0.15) is 0 Å². The number of aliphatic imine (C=N–C) groups is 1. The van der Waals surface area contributed by atoms with E-state index in [1.165, 1.54) is 36.0 Å². The fourth-order valence-corrected chi connectivity index (χ4v) is 3.62. The van der Waals surface area contributed by atoms with Crippen LogP contribution in [0.5, 0.6) is 0 Å². The SMILES string of the molecule is C\C=C/C=C1/CCCC(N(C)CC(/C=C\N=C/C)=C\CC)/C1=C(/C)CC. The van der Waals surface area contributed by atoms with E-state index in [1.807, 2.05) is 19.3 Å². The van der Waals surface area contributed by atoms with Crippen LogP contribution in [0.1, 0.15) is 66.7 Å². The molecule has 0 heterocycles. The highest BCUT2D eigenvalue weighted by Crippen LogP contribution is 2.35. The van der Waals surface area contributed by atoms with Crippen molar-refractivity contribution >= 4 is 6.21 Å². The van der Waals surface area contributed by atoms with Crippen LogP contribution in [-0.2, 0) is 0 Å². The van der Waals surface area contributed by atoms with E-state index in [9.17, 15) is 0 Å². The zero-order valence-corrected chi connectivity index (χ0v) is 17.8. The number of likely N-dealkylation sites (N-methyl/N-ethyl adjacent to an activating group) is 1. The lowest BCUT2D eigenvalue weighted by atomic mass is 9.81. The Balaban J connectivity index is 3.10. The van der Waals surface area contributed by atoms with Gasteiger partial charge in [0.05, 0.1) is 0 Å². The zero-order chi connectivity index (χ0) is 19.4. The first kappa shape index (κ1) is 22.4. The minimum atomic E-state index is 0.503. The quantitative estimate of drug-likeness (QED) is 0.352. The Morgan fingerprint density at radius 2 is 2.04 bits per heavy atom. The van der Waals surface area contributed by atoms with E-state index in [0.717, 1.165) is 19.4 Å². The second-order valence-electron chi connectivity index (χ2n) is 7.00. The van der Waals surface area contributed by atoms with Gasteiger partial charge in [0.15, 0.2) is 0 Å². The maximum atomic E-state index is 4.22. The molecule has 1 unspecified atom stereocenters. The summed E-state index contributed by atoms with van der Waals surface area (Å²) in [6, 6.07) is 0.503. The number of hydrogen-bond donors (Lipinski definition) is 0. The highest BCUT2D eigenvalue weighted by Gasteiger charge is 2.27. The fourth-order valence-electron chi connectivity index (χ4n) is 3.62. The van der Waals surface area contributed by atoms with E-state index >= 15 is 0 Å². The van der Waals surface area contributed by atoms with E-state index in [1.54, 1.807) is 5.57 Å². The standard InChI is InChI=1S/C24H38N2/c1-7-11-14-22-15-12-16-23(24(22)20(5)9-3)26(6)19-21(13-8-2)17-18-25-10-4/h7,10-11,13-14,17-18,23H,8-9,12,15-16,19H2,1-6H3/b11-7-,18-17-,21-13-,22-14-,24-20-,25-10-. The van der Waals surface area contributed by atoms with Crippen molar-refractivity contribution in [2.24, 2.45) is 4.99 Å². The molecule has 0 aliphatic heterocycles. The first-order valence-electron chi connectivity index (χ1n) is 10.1. The van der Waals surface area contributed by atoms with Gasteiger partial charge in [-0.3, -0.25) is 9.89 Å². The summed E-state index contributed by atoms with van der Waals surface area (Å²) < 4.78 is 0. The van der Waals surface area contributed by atoms with Gasteiger partial charge < -0.3 is 0 Å². The molecule has 1 fully saturated rings. The molecular weight excluding hydrogens is 316 g/mol. The van der Waals surface area contributed by atoms with Gasteiger partial charge in [0.2, 0.25) is 0 Å². The van der Waals surface area contributed by atoms with E-state index in [4.69, 9.17) is 0 Å². The molecule has 26 heavy (non-hydrogen) atoms. The first-order chi connectivity index (χ1) is 12.6. The maximum absolute atomic E-state index is 4.22. The lowest BCUT2D eigenvalue weighted by molar-refractivity contribution is 0.268. The molecule has 1 aliphatic carbocycles. The Labute approximate surface area is 161 Å². The van der Waals surface area contributed by atoms with Gasteiger partial charge in [0, 0.05) is 25.0 Å². The van der Waals surface area contributed by atoms with Gasteiger partial charge >= 0.3 is 0 Å². The van der Waals surface area contributed by atoms with Crippen molar-refractivity contribution in [3.05, 3.63) is 58.9 Å². The average Bonchev–Trinajstić information content (AvgIpc) is 2.65. The second kappa shape index (κ2) is 12.6. The van der Waals surface area contributed by atoms with Gasteiger partial charge in [-0.1, -0.05) is 43.7 Å². The fraction of sp³-hybridized carbons (Fsp3) is 0.542. The summed E-state index contributed by atoms with van der Waals surface area (Å²) >= 11 is 0. The van der Waals surface area contributed by atoms with Crippen LogP contribution in [-0.4, -0.2) is 30.7 Å². The van der Waals surface area contributed by atoms with Crippen LogP contribution in [0.3, 0.4) is 0 Å². The summed E-state index contributed by atoms with van der Waals surface area (Å²) in [6.45, 7) is 11.8. The van der Waals surface area contributed by atoms with Gasteiger partial charge in [-0.05, 0) is 82.7 Å². The van der Waals surface area contributed by atoms with Crippen LogP contribution in [0.2, 0.25) is 0 Å². The molecule has 144 valence electrons. The van der Waals surface area contributed by atoms with E-state index in [0.29, 0.717) is 6.04 Å². The Bertz CT molecular complexity index is 600. The molecule has 0 aromatic rings. The molecule has 0 amide bonds. The normalized spacial score (nSPS) is 23.3. The summed E-state index contributed by atoms with van der Waals surface area (Å²) in [6.07, 6.45) is 20.7. The molecule has 0 aromatic carbocycles. The van der Waals surface area contributed by atoms with Gasteiger partial charge in [0.1, 0.15) is 0 Å². The Kier molecular flexibility index (Phi) is 10.9. The molecule has 1 aliphatic rings. The highest BCUT2D eigenvalue weighted by atomic mass is 15.1. The van der Waals surface area contributed by atoms with Crippen LogP contribution < -0.4 is 0 Å². The van der Waals surface area contributed by atoms with Crippen LogP contribution >= 0.6 is 0 Å². The molecule has 0 saturated heterocycles. The highest BCUT2D eigenvalue weighted by molar-refractivity contribution is 5.54. The predicted octanol–water partition coefficient (Wildman–Crippen LogP) is 6.64. The van der Waals surface area contributed by atoms with E-state index < -0.39 is 0 Å². The Hall–Kier alpha value is -1.67. The Morgan fingerprint density at radius 3 is 2.65 bits per heavy atom. The van der Waals surface area contributed by atoms with E-state index in [-0.39, 0.29) is 0 Å². The lowest BCUT2D eigenvalue weighted by Crippen LogP contribution is -2.37. The molecule has 0 radical (unpaired) electrons. The molecule has 0 N–H and O–H groups in total. The van der Waals surface area contributed by atoms with Crippen LogP contribution in [0.25, 0.3) is 0 Å². The summed E-state index contributed by atoms with van der Waals surface area (Å²) in [5.74, 6) is 0. The Morgan fingerprint density at radius 1 is 1.27 bits per heavy atom. The minimum Gasteiger partial charge on any atom is -0.295 e. The molecule has 0 bridgehead atoms. The summed E-state index contributed by atoms with van der Waals surface area (Å²) in [4.78, 5) is 6.75. The number of rotatable bonds is 8. The average molecular weight is 355 g/mol. The molecule has 1 saturated carbocycles. The van der Waals surface area contributed by atoms with Crippen molar-refractivity contribution in [1.82, 2.24) is 4.90 Å². The summed E-state index contributed by atoms with van der Waals surface area (Å²) in [7, 11) is 2.27. The monoisotopic (exact) mass is 354 g/mol. The van der Waals surface area contributed by atoms with Gasteiger partial charge in [-0.25, -0.2) is 0 Å². The van der Waals surface area contributed by atoms with Crippen molar-refractivity contribution in [1.29, 1.82) is 0 Å². The minimum absolute atomic E-state index is 0.503. The third-order valence-corrected chi connectivity index (χ3v) is 5.04. The molecule has 2 nitrogen and oxygen atoms in total. The zero-order valence-electron chi connectivity index (χ0n) is 17.8. The van der Waals surface area contributed by atoms with Crippen molar-refractivity contribution in [2.45, 2.75) is 72.8 Å². The smallest absolute Gasteiger partial charge is 0.0350 e. The number of hydrogen-bond acceptors (Lipinski definition) is 2. The number of allylic oxidation sites excluding steroid dienone is 5. The van der Waals surface area contributed by atoms with Crippen molar-refractivity contribution in [3.8, 4) is 0 Å². The van der Waals surface area contributed by atoms with Crippen LogP contribution in [0.15, 0.2) is 63.9 Å². The summed E-state index contributed by atoms with van der Waals surface area (Å²) in [5, 5.41) is 0. The third-order valence-electron chi connectivity index (χ3n) is 5.04. The first-order valence-corrected chi connectivity index (χ1v) is 10.1. The van der Waals surface area contributed by atoms with Crippen molar-refractivity contribution in [3.63, 3.8) is 0 Å². The molecule has 2 heteroatoms. The maximum Gasteiger partial charge on any atom is 0.0350 e. The molecular formula is C24H38N2. The van der Waals surface area contributed by atoms with Crippen molar-refractivity contribution in [2.75, 3.05) is 13.6 Å². The van der Waals surface area contributed by atoms with E-state index in [2.05, 4.69) is 75.0 Å². The molecule has 1 atom stereocenters. The largest absolute Gasteiger partial charge is 0.295 e. The number of nitrogens with zero attached hydrogens (tertiary/aromatic N) is 2. The topological polar surface area (TPSA) is 15.6 Å². The molecule has 0 spiro atoms. The van der Waals surface area contributed by atoms with Gasteiger partial charge in [0.25, 0.3) is 0 Å².